The van der Waals surface area contributed by atoms with Crippen LogP contribution in [-0.4, -0.2) is 14.5 Å². The van der Waals surface area contributed by atoms with Crippen molar-refractivity contribution in [1.82, 2.24) is 14.5 Å². The van der Waals surface area contributed by atoms with Crippen molar-refractivity contribution in [3.05, 3.63) is 57.3 Å². The number of rotatable bonds is 3. The first-order valence-electron chi connectivity index (χ1n) is 6.12. The second-order valence-corrected chi connectivity index (χ2v) is 5.68. The zero-order chi connectivity index (χ0) is 14.1. The summed E-state index contributed by atoms with van der Waals surface area (Å²) in [5.74, 6) is -0.293. The molecule has 0 unspecified atom stereocenters. The number of fused-ring (bicyclic) bond motifs is 1. The molecule has 0 aliphatic carbocycles. The summed E-state index contributed by atoms with van der Waals surface area (Å²) in [5.41, 5.74) is 2.58. The van der Waals surface area contributed by atoms with Gasteiger partial charge < -0.3 is 9.55 Å². The number of aromatic amines is 1. The van der Waals surface area contributed by atoms with Crippen LogP contribution in [0.3, 0.4) is 0 Å². The lowest BCUT2D eigenvalue weighted by atomic mass is 10.2. The molecule has 0 atom stereocenters. The molecule has 3 nitrogen and oxygen atoms in total. The lowest BCUT2D eigenvalue weighted by Gasteiger charge is -2.04. The maximum atomic E-state index is 13.7. The highest BCUT2D eigenvalue weighted by Crippen LogP contribution is 2.23. The van der Waals surface area contributed by atoms with Gasteiger partial charge in [-0.15, -0.1) is 0 Å². The summed E-state index contributed by atoms with van der Waals surface area (Å²) in [6.45, 7) is 0.664. The minimum atomic E-state index is -0.293. The molecular weight excluding hydrogens is 341 g/mol. The molecule has 0 amide bonds. The molecule has 1 aromatic carbocycles. The van der Waals surface area contributed by atoms with Gasteiger partial charge in [-0.05, 0) is 46.3 Å². The molecule has 3 aromatic rings. The third kappa shape index (κ3) is 2.53. The Morgan fingerprint density at radius 1 is 1.35 bits per heavy atom. The van der Waals surface area contributed by atoms with Crippen molar-refractivity contribution in [2.45, 2.75) is 13.0 Å². The number of nitrogens with zero attached hydrogens (tertiary/aromatic N) is 2. The fourth-order valence-corrected chi connectivity index (χ4v) is 2.79. The van der Waals surface area contributed by atoms with Gasteiger partial charge in [0, 0.05) is 30.9 Å². The standard InChI is InChI=1S/C14H11BrFN3S/c15-10-7-12-13(8-11(10)16)19(14(20)18-12)6-4-9-3-1-2-5-17-9/h1-3,5,7-8H,4,6H2,(H,18,20). The molecule has 6 heteroatoms. The topological polar surface area (TPSA) is 33.6 Å². The van der Waals surface area contributed by atoms with Crippen LogP contribution in [0, 0.1) is 10.6 Å². The van der Waals surface area contributed by atoms with Crippen LogP contribution in [0.5, 0.6) is 0 Å². The van der Waals surface area contributed by atoms with Crippen LogP contribution in [0.15, 0.2) is 41.0 Å². The molecule has 0 aliphatic rings. The molecule has 3 rings (SSSR count). The largest absolute Gasteiger partial charge is 0.331 e. The molecule has 0 bridgehead atoms. The van der Waals surface area contributed by atoms with E-state index in [0.717, 1.165) is 23.1 Å². The highest BCUT2D eigenvalue weighted by molar-refractivity contribution is 9.10. The normalized spacial score (nSPS) is 11.1. The average molecular weight is 352 g/mol. The summed E-state index contributed by atoms with van der Waals surface area (Å²) >= 11 is 8.48. The van der Waals surface area contributed by atoms with Crippen LogP contribution < -0.4 is 0 Å². The Labute approximate surface area is 128 Å². The van der Waals surface area contributed by atoms with Crippen LogP contribution in [0.25, 0.3) is 11.0 Å². The fourth-order valence-electron chi connectivity index (χ4n) is 2.15. The fraction of sp³-hybridized carbons (Fsp3) is 0.143. The number of H-pyrrole nitrogens is 1. The van der Waals surface area contributed by atoms with Gasteiger partial charge in [-0.1, -0.05) is 6.07 Å². The van der Waals surface area contributed by atoms with Crippen molar-refractivity contribution in [3.63, 3.8) is 0 Å². The summed E-state index contributed by atoms with van der Waals surface area (Å²) in [6, 6.07) is 9.00. The number of nitrogens with one attached hydrogen (secondary N) is 1. The molecule has 0 saturated heterocycles. The Bertz CT molecular complexity index is 810. The number of aryl methyl sites for hydroxylation is 2. The second-order valence-electron chi connectivity index (χ2n) is 4.44. The van der Waals surface area contributed by atoms with Crippen molar-refractivity contribution >= 4 is 39.2 Å². The monoisotopic (exact) mass is 351 g/mol. The minimum absolute atomic E-state index is 0.293. The predicted octanol–water partition coefficient (Wildman–Crippen LogP) is 4.24. The highest BCUT2D eigenvalue weighted by atomic mass is 79.9. The molecule has 0 radical (unpaired) electrons. The SMILES string of the molecule is Fc1cc2c(cc1Br)[nH]c(=S)n2CCc1ccccn1. The van der Waals surface area contributed by atoms with Gasteiger partial charge in [0.25, 0.3) is 0 Å². The maximum absolute atomic E-state index is 13.7. The van der Waals surface area contributed by atoms with Crippen LogP contribution in [0.4, 0.5) is 4.39 Å². The van der Waals surface area contributed by atoms with Crippen molar-refractivity contribution in [3.8, 4) is 0 Å². The Kier molecular flexibility index (Phi) is 3.67. The van der Waals surface area contributed by atoms with Gasteiger partial charge in [-0.3, -0.25) is 4.98 Å². The van der Waals surface area contributed by atoms with Gasteiger partial charge >= 0.3 is 0 Å². The molecule has 1 N–H and O–H groups in total. The second kappa shape index (κ2) is 5.46. The van der Waals surface area contributed by atoms with Gasteiger partial charge in [0.05, 0.1) is 15.5 Å². The number of pyridine rings is 1. The van der Waals surface area contributed by atoms with E-state index < -0.39 is 0 Å². The van der Waals surface area contributed by atoms with Crippen LogP contribution >= 0.6 is 28.1 Å². The molecule has 2 aromatic heterocycles. The summed E-state index contributed by atoms with van der Waals surface area (Å²) < 4.78 is 16.6. The molecule has 2 heterocycles. The van der Waals surface area contributed by atoms with E-state index in [1.54, 1.807) is 12.3 Å². The summed E-state index contributed by atoms with van der Waals surface area (Å²) in [6.07, 6.45) is 2.51. The summed E-state index contributed by atoms with van der Waals surface area (Å²) in [4.78, 5) is 7.37. The molecule has 20 heavy (non-hydrogen) atoms. The van der Waals surface area contributed by atoms with Gasteiger partial charge in [-0.2, -0.15) is 0 Å². The number of benzene rings is 1. The molecule has 102 valence electrons. The molecule has 0 aliphatic heterocycles. The molecule has 0 fully saturated rings. The number of hydrogen-bond acceptors (Lipinski definition) is 2. The first-order valence-corrected chi connectivity index (χ1v) is 7.33. The van der Waals surface area contributed by atoms with Gasteiger partial charge in [0.1, 0.15) is 5.82 Å². The Morgan fingerprint density at radius 3 is 2.95 bits per heavy atom. The van der Waals surface area contributed by atoms with E-state index in [-0.39, 0.29) is 5.82 Å². The number of aromatic nitrogens is 3. The van der Waals surface area contributed by atoms with Crippen LogP contribution in [0.1, 0.15) is 5.69 Å². The third-order valence-corrected chi connectivity index (χ3v) is 4.06. The number of halogens is 2. The number of hydrogen-bond donors (Lipinski definition) is 1. The Morgan fingerprint density at radius 2 is 2.20 bits per heavy atom. The first kappa shape index (κ1) is 13.5. The number of imidazole rings is 1. The summed E-state index contributed by atoms with van der Waals surface area (Å²) in [7, 11) is 0. The zero-order valence-corrected chi connectivity index (χ0v) is 12.8. The Balaban J connectivity index is 1.97. The van der Waals surface area contributed by atoms with E-state index in [1.165, 1.54) is 6.07 Å². The van der Waals surface area contributed by atoms with Crippen molar-refractivity contribution in [2.75, 3.05) is 0 Å². The Hall–Kier alpha value is -1.53. The van der Waals surface area contributed by atoms with Crippen molar-refractivity contribution in [1.29, 1.82) is 0 Å². The quantitative estimate of drug-likeness (QED) is 0.716. The van der Waals surface area contributed by atoms with E-state index >= 15 is 0 Å². The molecule has 0 spiro atoms. The van der Waals surface area contributed by atoms with Gasteiger partial charge in [0.15, 0.2) is 4.77 Å². The maximum Gasteiger partial charge on any atom is 0.178 e. The first-order chi connectivity index (χ1) is 9.65. The van der Waals surface area contributed by atoms with Crippen LogP contribution in [-0.2, 0) is 13.0 Å². The van der Waals surface area contributed by atoms with E-state index in [2.05, 4.69) is 25.9 Å². The van der Waals surface area contributed by atoms with E-state index in [9.17, 15) is 4.39 Å². The zero-order valence-electron chi connectivity index (χ0n) is 10.4. The smallest absolute Gasteiger partial charge is 0.178 e. The van der Waals surface area contributed by atoms with E-state index in [0.29, 0.717) is 15.8 Å². The van der Waals surface area contributed by atoms with E-state index in [4.69, 9.17) is 12.2 Å². The van der Waals surface area contributed by atoms with Crippen molar-refractivity contribution in [2.24, 2.45) is 0 Å². The predicted molar refractivity (Wildman–Crippen MR) is 82.7 cm³/mol. The van der Waals surface area contributed by atoms with Gasteiger partial charge in [-0.25, -0.2) is 4.39 Å². The molecule has 0 saturated carbocycles. The molecular formula is C14H11BrFN3S. The lowest BCUT2D eigenvalue weighted by molar-refractivity contribution is 0.620. The average Bonchev–Trinajstić information content (AvgIpc) is 2.73. The van der Waals surface area contributed by atoms with Gasteiger partial charge in [0.2, 0.25) is 0 Å². The highest BCUT2D eigenvalue weighted by Gasteiger charge is 2.09. The van der Waals surface area contributed by atoms with E-state index in [1.807, 2.05) is 22.8 Å². The summed E-state index contributed by atoms with van der Waals surface area (Å²) in [5, 5.41) is 0. The van der Waals surface area contributed by atoms with Crippen LogP contribution in [0.2, 0.25) is 0 Å². The minimum Gasteiger partial charge on any atom is -0.331 e. The van der Waals surface area contributed by atoms with Crippen molar-refractivity contribution < 1.29 is 4.39 Å². The third-order valence-electron chi connectivity index (χ3n) is 3.13. The lowest BCUT2D eigenvalue weighted by Crippen LogP contribution is -2.02.